The van der Waals surface area contributed by atoms with Gasteiger partial charge in [-0.05, 0) is 56.2 Å². The van der Waals surface area contributed by atoms with Crippen LogP contribution in [0, 0.1) is 13.8 Å². The highest BCUT2D eigenvalue weighted by Crippen LogP contribution is 2.23. The Morgan fingerprint density at radius 1 is 1.00 bits per heavy atom. The number of hydrogen-bond donors (Lipinski definition) is 1. The third kappa shape index (κ3) is 4.71. The third-order valence-corrected chi connectivity index (χ3v) is 4.84. The van der Waals surface area contributed by atoms with Crippen molar-refractivity contribution in [2.45, 2.75) is 33.6 Å². The Kier molecular flexibility index (Phi) is 6.57. The predicted octanol–water partition coefficient (Wildman–Crippen LogP) is 4.63. The van der Waals surface area contributed by atoms with Gasteiger partial charge in [0.2, 0.25) is 5.91 Å². The molecule has 0 unspecified atom stereocenters. The number of nitrogens with one attached hydrogen (secondary N) is 1. The van der Waals surface area contributed by atoms with E-state index in [-0.39, 0.29) is 18.3 Å². The van der Waals surface area contributed by atoms with E-state index in [1.165, 1.54) is 0 Å². The summed E-state index contributed by atoms with van der Waals surface area (Å²) in [5.74, 6) is -0.959. The van der Waals surface area contributed by atoms with Gasteiger partial charge >= 0.3 is 5.97 Å². The van der Waals surface area contributed by atoms with Gasteiger partial charge in [-0.25, -0.2) is 4.79 Å². The van der Waals surface area contributed by atoms with Crippen molar-refractivity contribution in [3.05, 3.63) is 70.9 Å². The van der Waals surface area contributed by atoms with Gasteiger partial charge in [0, 0.05) is 23.1 Å². The maximum absolute atomic E-state index is 12.6. The SMILES string of the molecule is CCCC(=O)Nc1ccc(C(=O)COC(=O)c2c(C)nc3ccccc3c2C)cc1. The standard InChI is InChI=1S/C24H24N2O4/c1-4-7-22(28)26-18-12-10-17(11-13-18)21(27)14-30-24(29)23-15(2)19-8-5-6-9-20(19)25-16(23)3/h5-6,8-13H,4,7,14H2,1-3H3,(H,26,28). The highest BCUT2D eigenvalue weighted by molar-refractivity contribution is 6.02. The van der Waals surface area contributed by atoms with Gasteiger partial charge in [0.1, 0.15) is 0 Å². The van der Waals surface area contributed by atoms with Crippen LogP contribution in [0.3, 0.4) is 0 Å². The number of carbonyl (C=O) groups excluding carboxylic acids is 3. The molecule has 0 saturated carbocycles. The molecule has 30 heavy (non-hydrogen) atoms. The lowest BCUT2D eigenvalue weighted by Crippen LogP contribution is -2.17. The van der Waals surface area contributed by atoms with E-state index in [9.17, 15) is 14.4 Å². The average Bonchev–Trinajstić information content (AvgIpc) is 2.72. The summed E-state index contributed by atoms with van der Waals surface area (Å²) in [6.45, 7) is 5.16. The summed E-state index contributed by atoms with van der Waals surface area (Å²) in [5, 5.41) is 3.64. The van der Waals surface area contributed by atoms with E-state index >= 15 is 0 Å². The number of nitrogens with zero attached hydrogens (tertiary/aromatic N) is 1. The lowest BCUT2D eigenvalue weighted by atomic mass is 10.0. The summed E-state index contributed by atoms with van der Waals surface area (Å²) in [6, 6.07) is 14.1. The second kappa shape index (κ2) is 9.31. The summed E-state index contributed by atoms with van der Waals surface area (Å²) in [4.78, 5) is 41.2. The number of fused-ring (bicyclic) bond motifs is 1. The van der Waals surface area contributed by atoms with Gasteiger partial charge in [-0.3, -0.25) is 14.6 Å². The molecule has 3 aromatic rings. The fourth-order valence-corrected chi connectivity index (χ4v) is 3.31. The number of hydrogen-bond acceptors (Lipinski definition) is 5. The lowest BCUT2D eigenvalue weighted by Gasteiger charge is -2.12. The second-order valence-electron chi connectivity index (χ2n) is 7.09. The quantitative estimate of drug-likeness (QED) is 0.458. The first-order chi connectivity index (χ1) is 14.4. The Hall–Kier alpha value is -3.54. The van der Waals surface area contributed by atoms with Crippen molar-refractivity contribution in [2.75, 3.05) is 11.9 Å². The zero-order valence-corrected chi connectivity index (χ0v) is 17.3. The summed E-state index contributed by atoms with van der Waals surface area (Å²) >= 11 is 0. The molecule has 0 aliphatic heterocycles. The Morgan fingerprint density at radius 2 is 1.70 bits per heavy atom. The Labute approximate surface area is 175 Å². The van der Waals surface area contributed by atoms with E-state index in [1.807, 2.05) is 38.1 Å². The molecule has 0 spiro atoms. The summed E-state index contributed by atoms with van der Waals surface area (Å²) in [5.41, 5.74) is 3.57. The first-order valence-corrected chi connectivity index (χ1v) is 9.87. The van der Waals surface area contributed by atoms with E-state index < -0.39 is 5.97 Å². The molecule has 1 heterocycles. The average molecular weight is 404 g/mol. The molecule has 0 aliphatic carbocycles. The lowest BCUT2D eigenvalue weighted by molar-refractivity contribution is -0.116. The van der Waals surface area contributed by atoms with Crippen LogP contribution in [-0.2, 0) is 9.53 Å². The minimum atomic E-state index is -0.569. The Balaban J connectivity index is 1.67. The van der Waals surface area contributed by atoms with Gasteiger partial charge in [0.25, 0.3) is 0 Å². The molecule has 0 saturated heterocycles. The smallest absolute Gasteiger partial charge is 0.340 e. The molecule has 0 aliphatic rings. The molecule has 6 heteroatoms. The largest absolute Gasteiger partial charge is 0.454 e. The van der Waals surface area contributed by atoms with Crippen molar-refractivity contribution in [3.63, 3.8) is 0 Å². The number of para-hydroxylation sites is 1. The number of amides is 1. The molecule has 2 aromatic carbocycles. The molecule has 0 atom stereocenters. The van der Waals surface area contributed by atoms with Crippen LogP contribution in [0.4, 0.5) is 5.69 Å². The summed E-state index contributed by atoms with van der Waals surface area (Å²) < 4.78 is 5.28. The molecule has 0 fully saturated rings. The number of aryl methyl sites for hydroxylation is 2. The monoisotopic (exact) mass is 404 g/mol. The van der Waals surface area contributed by atoms with Crippen LogP contribution in [0.1, 0.15) is 51.7 Å². The van der Waals surface area contributed by atoms with E-state index in [4.69, 9.17) is 4.74 Å². The van der Waals surface area contributed by atoms with Crippen molar-refractivity contribution in [3.8, 4) is 0 Å². The van der Waals surface area contributed by atoms with E-state index in [2.05, 4.69) is 10.3 Å². The highest BCUT2D eigenvalue weighted by atomic mass is 16.5. The van der Waals surface area contributed by atoms with Crippen molar-refractivity contribution < 1.29 is 19.1 Å². The first-order valence-electron chi connectivity index (χ1n) is 9.87. The number of Topliss-reactive ketones (excluding diaryl/α,β-unsaturated/α-hetero) is 1. The number of benzene rings is 2. The molecule has 1 amide bonds. The fraction of sp³-hybridized carbons (Fsp3) is 0.250. The molecule has 0 radical (unpaired) electrons. The van der Waals surface area contributed by atoms with Crippen LogP contribution in [-0.4, -0.2) is 29.3 Å². The predicted molar refractivity (Wildman–Crippen MR) is 116 cm³/mol. The zero-order chi connectivity index (χ0) is 21.7. The number of rotatable bonds is 7. The van der Waals surface area contributed by atoms with Crippen molar-refractivity contribution in [1.29, 1.82) is 0 Å². The van der Waals surface area contributed by atoms with Gasteiger partial charge in [-0.15, -0.1) is 0 Å². The van der Waals surface area contributed by atoms with Crippen molar-refractivity contribution >= 4 is 34.3 Å². The summed E-state index contributed by atoms with van der Waals surface area (Å²) in [7, 11) is 0. The number of ether oxygens (including phenoxy) is 1. The van der Waals surface area contributed by atoms with Crippen molar-refractivity contribution in [1.82, 2.24) is 4.98 Å². The van der Waals surface area contributed by atoms with E-state index in [0.717, 1.165) is 22.9 Å². The second-order valence-corrected chi connectivity index (χ2v) is 7.09. The van der Waals surface area contributed by atoms with Gasteiger partial charge in [0.05, 0.1) is 16.8 Å². The topological polar surface area (TPSA) is 85.4 Å². The fourth-order valence-electron chi connectivity index (χ4n) is 3.31. The minimum Gasteiger partial charge on any atom is -0.454 e. The number of ketones is 1. The molecule has 6 nitrogen and oxygen atoms in total. The maximum atomic E-state index is 12.6. The molecular formula is C24H24N2O4. The number of esters is 1. The normalized spacial score (nSPS) is 10.6. The number of carbonyl (C=O) groups is 3. The van der Waals surface area contributed by atoms with E-state index in [1.54, 1.807) is 31.2 Å². The van der Waals surface area contributed by atoms with Crippen LogP contribution in [0.15, 0.2) is 48.5 Å². The van der Waals surface area contributed by atoms with Crippen LogP contribution in [0.5, 0.6) is 0 Å². The Morgan fingerprint density at radius 3 is 2.40 bits per heavy atom. The molecule has 0 bridgehead atoms. The van der Waals surface area contributed by atoms with Gasteiger partial charge in [-0.1, -0.05) is 25.1 Å². The molecule has 3 rings (SSSR count). The van der Waals surface area contributed by atoms with Crippen molar-refractivity contribution in [2.24, 2.45) is 0 Å². The third-order valence-electron chi connectivity index (χ3n) is 4.84. The Bertz CT molecular complexity index is 1100. The van der Waals surface area contributed by atoms with E-state index in [0.29, 0.717) is 28.9 Å². The maximum Gasteiger partial charge on any atom is 0.340 e. The van der Waals surface area contributed by atoms with Gasteiger partial charge < -0.3 is 10.1 Å². The molecule has 1 N–H and O–H groups in total. The van der Waals surface area contributed by atoms with Crippen LogP contribution in [0.2, 0.25) is 0 Å². The molecule has 154 valence electrons. The van der Waals surface area contributed by atoms with Gasteiger partial charge in [-0.2, -0.15) is 0 Å². The van der Waals surface area contributed by atoms with Gasteiger partial charge in [0.15, 0.2) is 12.4 Å². The van der Waals surface area contributed by atoms with Crippen LogP contribution >= 0.6 is 0 Å². The zero-order valence-electron chi connectivity index (χ0n) is 17.3. The number of pyridine rings is 1. The van der Waals surface area contributed by atoms with Crippen LogP contribution in [0.25, 0.3) is 10.9 Å². The molecule has 1 aromatic heterocycles. The highest BCUT2D eigenvalue weighted by Gasteiger charge is 2.19. The number of aromatic nitrogens is 1. The summed E-state index contributed by atoms with van der Waals surface area (Å²) in [6.07, 6.45) is 1.21. The molecular weight excluding hydrogens is 380 g/mol. The first kappa shape index (κ1) is 21.2. The van der Waals surface area contributed by atoms with Crippen LogP contribution < -0.4 is 5.32 Å². The number of anilines is 1. The minimum absolute atomic E-state index is 0.0692.